The molecule has 1 atom stereocenters. The summed E-state index contributed by atoms with van der Waals surface area (Å²) in [7, 11) is 0. The van der Waals surface area contributed by atoms with Crippen LogP contribution in [0.4, 0.5) is 0 Å². The molecule has 1 heterocycles. The molecule has 0 saturated carbocycles. The van der Waals surface area contributed by atoms with Crippen LogP contribution in [0.5, 0.6) is 0 Å². The first-order chi connectivity index (χ1) is 8.08. The average molecular weight is 230 g/mol. The van der Waals surface area contributed by atoms with Gasteiger partial charge < -0.3 is 9.52 Å². The first kappa shape index (κ1) is 11.9. The van der Waals surface area contributed by atoms with Crippen molar-refractivity contribution in [2.24, 2.45) is 0 Å². The molecule has 0 saturated heterocycles. The van der Waals surface area contributed by atoms with Crippen LogP contribution in [0, 0.1) is 20.8 Å². The molecule has 1 N–H and O–H groups in total. The van der Waals surface area contributed by atoms with E-state index in [0.29, 0.717) is 6.42 Å². The van der Waals surface area contributed by atoms with Crippen molar-refractivity contribution < 1.29 is 9.52 Å². The van der Waals surface area contributed by atoms with Gasteiger partial charge in [-0.25, -0.2) is 0 Å². The van der Waals surface area contributed by atoms with Gasteiger partial charge in [0.25, 0.3) is 0 Å². The Morgan fingerprint density at radius 3 is 2.59 bits per heavy atom. The molecular weight excluding hydrogens is 212 g/mol. The summed E-state index contributed by atoms with van der Waals surface area (Å²) in [6.45, 7) is 6.02. The molecule has 17 heavy (non-hydrogen) atoms. The third kappa shape index (κ3) is 2.59. The predicted molar refractivity (Wildman–Crippen MR) is 68.0 cm³/mol. The second-order valence-electron chi connectivity index (χ2n) is 4.58. The number of aryl methyl sites for hydroxylation is 3. The molecule has 0 spiro atoms. The van der Waals surface area contributed by atoms with E-state index in [1.807, 2.05) is 13.0 Å². The molecule has 0 aliphatic carbocycles. The summed E-state index contributed by atoms with van der Waals surface area (Å²) in [5, 5.41) is 10.2. The molecule has 0 fully saturated rings. The number of furan rings is 1. The number of hydrogen-bond donors (Lipinski definition) is 1. The van der Waals surface area contributed by atoms with Crippen molar-refractivity contribution in [3.8, 4) is 0 Å². The lowest BCUT2D eigenvalue weighted by molar-refractivity contribution is 0.176. The molecule has 2 nitrogen and oxygen atoms in total. The smallest absolute Gasteiger partial charge is 0.106 e. The fourth-order valence-corrected chi connectivity index (χ4v) is 2.08. The molecule has 1 unspecified atom stereocenters. The first-order valence-corrected chi connectivity index (χ1v) is 5.86. The number of rotatable bonds is 3. The summed E-state index contributed by atoms with van der Waals surface area (Å²) < 4.78 is 5.22. The van der Waals surface area contributed by atoms with Crippen LogP contribution in [0.2, 0.25) is 0 Å². The van der Waals surface area contributed by atoms with Crippen LogP contribution in [0.1, 0.15) is 34.1 Å². The number of hydrogen-bond acceptors (Lipinski definition) is 2. The average Bonchev–Trinajstić information content (AvgIpc) is 2.70. The van der Waals surface area contributed by atoms with Gasteiger partial charge in [-0.15, -0.1) is 0 Å². The van der Waals surface area contributed by atoms with Crippen LogP contribution in [0.15, 0.2) is 34.9 Å². The van der Waals surface area contributed by atoms with Crippen molar-refractivity contribution in [3.05, 3.63) is 58.5 Å². The van der Waals surface area contributed by atoms with Gasteiger partial charge in [0, 0.05) is 12.0 Å². The van der Waals surface area contributed by atoms with Crippen molar-refractivity contribution in [3.63, 3.8) is 0 Å². The Balaban J connectivity index is 2.21. The number of aliphatic hydroxyl groups is 1. The van der Waals surface area contributed by atoms with Gasteiger partial charge in [-0.1, -0.05) is 23.8 Å². The van der Waals surface area contributed by atoms with E-state index in [1.54, 1.807) is 6.26 Å². The maximum atomic E-state index is 10.2. The highest BCUT2D eigenvalue weighted by Crippen LogP contribution is 2.24. The highest BCUT2D eigenvalue weighted by molar-refractivity contribution is 5.32. The maximum absolute atomic E-state index is 10.2. The lowest BCUT2D eigenvalue weighted by Gasteiger charge is -2.12. The second-order valence-corrected chi connectivity index (χ2v) is 4.58. The van der Waals surface area contributed by atoms with E-state index in [2.05, 4.69) is 32.0 Å². The minimum atomic E-state index is -0.491. The lowest BCUT2D eigenvalue weighted by atomic mass is 9.97. The standard InChI is InChI=1S/C15H18O2/c1-10-4-5-11(2)13(8-10)9-15(16)14-6-7-17-12(14)3/h4-8,15-16H,9H2,1-3H3. The Labute approximate surface area is 102 Å². The highest BCUT2D eigenvalue weighted by atomic mass is 16.3. The van der Waals surface area contributed by atoms with Gasteiger partial charge in [-0.3, -0.25) is 0 Å². The van der Waals surface area contributed by atoms with Gasteiger partial charge in [0.15, 0.2) is 0 Å². The summed E-state index contributed by atoms with van der Waals surface area (Å²) in [4.78, 5) is 0. The van der Waals surface area contributed by atoms with Crippen LogP contribution in [-0.2, 0) is 6.42 Å². The van der Waals surface area contributed by atoms with Crippen molar-refractivity contribution >= 4 is 0 Å². The second kappa shape index (κ2) is 4.76. The van der Waals surface area contributed by atoms with Gasteiger partial charge in [0.2, 0.25) is 0 Å². The topological polar surface area (TPSA) is 33.4 Å². The van der Waals surface area contributed by atoms with Crippen LogP contribution >= 0.6 is 0 Å². The summed E-state index contributed by atoms with van der Waals surface area (Å²) >= 11 is 0. The summed E-state index contributed by atoms with van der Waals surface area (Å²) in [5.74, 6) is 0.794. The molecule has 0 radical (unpaired) electrons. The monoisotopic (exact) mass is 230 g/mol. The van der Waals surface area contributed by atoms with Crippen molar-refractivity contribution in [1.29, 1.82) is 0 Å². The molecular formula is C15H18O2. The van der Waals surface area contributed by atoms with Gasteiger partial charge in [-0.05, 0) is 38.0 Å². The van der Waals surface area contributed by atoms with E-state index in [-0.39, 0.29) is 0 Å². The lowest BCUT2D eigenvalue weighted by Crippen LogP contribution is -2.03. The molecule has 2 aromatic rings. The molecule has 2 heteroatoms. The van der Waals surface area contributed by atoms with E-state index in [4.69, 9.17) is 4.42 Å². The van der Waals surface area contributed by atoms with E-state index >= 15 is 0 Å². The van der Waals surface area contributed by atoms with Gasteiger partial charge in [0.05, 0.1) is 12.4 Å². The zero-order valence-electron chi connectivity index (χ0n) is 10.5. The van der Waals surface area contributed by atoms with Gasteiger partial charge in [-0.2, -0.15) is 0 Å². The predicted octanol–water partition coefficient (Wildman–Crippen LogP) is 3.48. The molecule has 0 bridgehead atoms. The normalized spacial score (nSPS) is 12.7. The zero-order valence-corrected chi connectivity index (χ0v) is 10.5. The minimum Gasteiger partial charge on any atom is -0.469 e. The largest absolute Gasteiger partial charge is 0.469 e. The maximum Gasteiger partial charge on any atom is 0.106 e. The first-order valence-electron chi connectivity index (χ1n) is 5.86. The summed E-state index contributed by atoms with van der Waals surface area (Å²) in [5.41, 5.74) is 4.52. The Morgan fingerprint density at radius 2 is 1.94 bits per heavy atom. The van der Waals surface area contributed by atoms with Crippen LogP contribution in [0.3, 0.4) is 0 Å². The quantitative estimate of drug-likeness (QED) is 0.875. The molecule has 2 rings (SSSR count). The summed E-state index contributed by atoms with van der Waals surface area (Å²) in [6, 6.07) is 8.16. The SMILES string of the molecule is Cc1ccc(C)c(CC(O)c2ccoc2C)c1. The molecule has 0 aliphatic heterocycles. The minimum absolute atomic E-state index is 0.491. The number of benzene rings is 1. The van der Waals surface area contributed by atoms with Crippen molar-refractivity contribution in [2.45, 2.75) is 33.3 Å². The van der Waals surface area contributed by atoms with Gasteiger partial charge >= 0.3 is 0 Å². The summed E-state index contributed by atoms with van der Waals surface area (Å²) in [6.07, 6.45) is 1.76. The van der Waals surface area contributed by atoms with Crippen molar-refractivity contribution in [1.82, 2.24) is 0 Å². The van der Waals surface area contributed by atoms with E-state index in [1.165, 1.54) is 16.7 Å². The third-order valence-electron chi connectivity index (χ3n) is 3.18. The third-order valence-corrected chi connectivity index (χ3v) is 3.18. The van der Waals surface area contributed by atoms with E-state index < -0.39 is 6.10 Å². The van der Waals surface area contributed by atoms with Crippen LogP contribution < -0.4 is 0 Å². The Morgan fingerprint density at radius 1 is 1.18 bits per heavy atom. The van der Waals surface area contributed by atoms with Gasteiger partial charge in [0.1, 0.15) is 5.76 Å². The molecule has 1 aromatic heterocycles. The Hall–Kier alpha value is -1.54. The molecule has 0 aliphatic rings. The highest BCUT2D eigenvalue weighted by Gasteiger charge is 2.14. The fraction of sp³-hybridized carbons (Fsp3) is 0.333. The van der Waals surface area contributed by atoms with E-state index in [0.717, 1.165) is 11.3 Å². The molecule has 0 amide bonds. The number of aliphatic hydroxyl groups excluding tert-OH is 1. The van der Waals surface area contributed by atoms with E-state index in [9.17, 15) is 5.11 Å². The van der Waals surface area contributed by atoms with Crippen LogP contribution in [0.25, 0.3) is 0 Å². The fourth-order valence-electron chi connectivity index (χ4n) is 2.08. The van der Waals surface area contributed by atoms with Crippen LogP contribution in [-0.4, -0.2) is 5.11 Å². The molecule has 1 aromatic carbocycles. The Bertz CT molecular complexity index is 511. The van der Waals surface area contributed by atoms with Crippen molar-refractivity contribution in [2.75, 3.05) is 0 Å². The zero-order chi connectivity index (χ0) is 12.4. The molecule has 90 valence electrons. The Kier molecular flexibility index (Phi) is 3.34.